The van der Waals surface area contributed by atoms with Gasteiger partial charge in [-0.25, -0.2) is 0 Å². The van der Waals surface area contributed by atoms with Crippen LogP contribution >= 0.6 is 0 Å². The van der Waals surface area contributed by atoms with E-state index in [0.717, 1.165) is 19.4 Å². The van der Waals surface area contributed by atoms with Gasteiger partial charge in [0.25, 0.3) is 0 Å². The molecule has 0 heterocycles. The van der Waals surface area contributed by atoms with E-state index in [9.17, 15) is 4.79 Å². The highest BCUT2D eigenvalue weighted by molar-refractivity contribution is 5.77. The second-order valence-corrected chi connectivity index (χ2v) is 3.29. The zero-order chi connectivity index (χ0) is 10.8. The van der Waals surface area contributed by atoms with Crippen molar-refractivity contribution in [2.24, 2.45) is 0 Å². The summed E-state index contributed by atoms with van der Waals surface area (Å²) in [6, 6.07) is 0.271. The standard InChI is InChI=1S/C10H22N2O2/c1-4-6-11-10(13)7-12-9(5-2)8-14-3/h9,12H,4-8H2,1-3H3,(H,11,13). The van der Waals surface area contributed by atoms with Crippen molar-refractivity contribution in [2.75, 3.05) is 26.8 Å². The molecular weight excluding hydrogens is 180 g/mol. The van der Waals surface area contributed by atoms with Gasteiger partial charge in [-0.05, 0) is 12.8 Å². The number of ether oxygens (including phenoxy) is 1. The molecule has 84 valence electrons. The first-order chi connectivity index (χ1) is 6.74. The predicted molar refractivity (Wildman–Crippen MR) is 57.3 cm³/mol. The van der Waals surface area contributed by atoms with Gasteiger partial charge in [-0.15, -0.1) is 0 Å². The Bertz CT molecular complexity index is 151. The zero-order valence-electron chi connectivity index (χ0n) is 9.43. The molecule has 0 bridgehead atoms. The molecule has 14 heavy (non-hydrogen) atoms. The van der Waals surface area contributed by atoms with E-state index in [1.807, 2.05) is 6.92 Å². The van der Waals surface area contributed by atoms with Gasteiger partial charge in [-0.3, -0.25) is 4.79 Å². The van der Waals surface area contributed by atoms with Gasteiger partial charge in [0.2, 0.25) is 5.91 Å². The number of nitrogens with one attached hydrogen (secondary N) is 2. The van der Waals surface area contributed by atoms with Gasteiger partial charge in [-0.2, -0.15) is 0 Å². The average molecular weight is 202 g/mol. The number of carbonyl (C=O) groups excluding carboxylic acids is 1. The Kier molecular flexibility index (Phi) is 8.57. The Morgan fingerprint density at radius 3 is 2.64 bits per heavy atom. The van der Waals surface area contributed by atoms with E-state index in [1.165, 1.54) is 0 Å². The third-order valence-corrected chi connectivity index (χ3v) is 1.98. The van der Waals surface area contributed by atoms with E-state index >= 15 is 0 Å². The molecule has 4 nitrogen and oxygen atoms in total. The summed E-state index contributed by atoms with van der Waals surface area (Å²) < 4.78 is 5.01. The van der Waals surface area contributed by atoms with Crippen LogP contribution in [0, 0.1) is 0 Å². The molecule has 0 aliphatic heterocycles. The smallest absolute Gasteiger partial charge is 0.233 e. The lowest BCUT2D eigenvalue weighted by Crippen LogP contribution is -2.41. The summed E-state index contributed by atoms with van der Waals surface area (Å²) in [5.41, 5.74) is 0. The number of methoxy groups -OCH3 is 1. The van der Waals surface area contributed by atoms with E-state index in [0.29, 0.717) is 13.2 Å². The highest BCUT2D eigenvalue weighted by atomic mass is 16.5. The summed E-state index contributed by atoms with van der Waals surface area (Å²) in [6.45, 7) is 5.88. The minimum Gasteiger partial charge on any atom is -0.383 e. The second kappa shape index (κ2) is 8.97. The monoisotopic (exact) mass is 202 g/mol. The van der Waals surface area contributed by atoms with E-state index in [-0.39, 0.29) is 11.9 Å². The molecule has 1 atom stereocenters. The largest absolute Gasteiger partial charge is 0.383 e. The van der Waals surface area contributed by atoms with Gasteiger partial charge < -0.3 is 15.4 Å². The van der Waals surface area contributed by atoms with Crippen molar-refractivity contribution in [2.45, 2.75) is 32.7 Å². The van der Waals surface area contributed by atoms with Gasteiger partial charge in [0.15, 0.2) is 0 Å². The summed E-state index contributed by atoms with van der Waals surface area (Å²) >= 11 is 0. The molecule has 0 radical (unpaired) electrons. The van der Waals surface area contributed by atoms with Crippen LogP contribution in [0.5, 0.6) is 0 Å². The first kappa shape index (κ1) is 13.4. The summed E-state index contributed by atoms with van der Waals surface area (Å²) in [6.07, 6.45) is 1.94. The predicted octanol–water partition coefficient (Wildman–Crippen LogP) is 0.527. The second-order valence-electron chi connectivity index (χ2n) is 3.29. The molecule has 1 amide bonds. The van der Waals surface area contributed by atoms with E-state index < -0.39 is 0 Å². The number of hydrogen-bond acceptors (Lipinski definition) is 3. The molecule has 0 aromatic carbocycles. The molecule has 1 unspecified atom stereocenters. The van der Waals surface area contributed by atoms with Crippen LogP contribution < -0.4 is 10.6 Å². The van der Waals surface area contributed by atoms with E-state index in [2.05, 4.69) is 17.6 Å². The maximum atomic E-state index is 11.2. The van der Waals surface area contributed by atoms with Crippen molar-refractivity contribution < 1.29 is 9.53 Å². The molecule has 0 aromatic rings. The van der Waals surface area contributed by atoms with Gasteiger partial charge in [0.1, 0.15) is 0 Å². The molecular formula is C10H22N2O2. The first-order valence-corrected chi connectivity index (χ1v) is 5.23. The molecule has 4 heteroatoms. The summed E-state index contributed by atoms with van der Waals surface area (Å²) in [4.78, 5) is 11.2. The molecule has 2 N–H and O–H groups in total. The van der Waals surface area contributed by atoms with Crippen LogP contribution in [0.4, 0.5) is 0 Å². The summed E-state index contributed by atoms with van der Waals surface area (Å²) in [5.74, 6) is 0.0569. The Morgan fingerprint density at radius 2 is 2.14 bits per heavy atom. The van der Waals surface area contributed by atoms with Gasteiger partial charge in [-0.1, -0.05) is 13.8 Å². The topological polar surface area (TPSA) is 50.4 Å². The maximum absolute atomic E-state index is 11.2. The molecule has 0 spiro atoms. The molecule has 0 fully saturated rings. The minimum atomic E-state index is 0.0569. The fourth-order valence-corrected chi connectivity index (χ4v) is 1.09. The normalized spacial score (nSPS) is 12.5. The number of hydrogen-bond donors (Lipinski definition) is 2. The third-order valence-electron chi connectivity index (χ3n) is 1.98. The first-order valence-electron chi connectivity index (χ1n) is 5.23. The Morgan fingerprint density at radius 1 is 1.43 bits per heavy atom. The third kappa shape index (κ3) is 6.86. The maximum Gasteiger partial charge on any atom is 0.233 e. The summed E-state index contributed by atoms with van der Waals surface area (Å²) in [5, 5.41) is 5.95. The number of rotatable bonds is 8. The fraction of sp³-hybridized carbons (Fsp3) is 0.900. The molecule has 0 rings (SSSR count). The van der Waals surface area contributed by atoms with Gasteiger partial charge in [0.05, 0.1) is 13.2 Å². The van der Waals surface area contributed by atoms with Crippen LogP contribution in [-0.4, -0.2) is 38.8 Å². The van der Waals surface area contributed by atoms with Crippen LogP contribution in [0.2, 0.25) is 0 Å². The van der Waals surface area contributed by atoms with Crippen LogP contribution in [0.25, 0.3) is 0 Å². The quantitative estimate of drug-likeness (QED) is 0.603. The Hall–Kier alpha value is -0.610. The van der Waals surface area contributed by atoms with Crippen molar-refractivity contribution in [3.05, 3.63) is 0 Å². The molecule has 0 aliphatic carbocycles. The highest BCUT2D eigenvalue weighted by Gasteiger charge is 2.06. The zero-order valence-corrected chi connectivity index (χ0v) is 9.43. The van der Waals surface area contributed by atoms with Crippen molar-refractivity contribution >= 4 is 5.91 Å². The lowest BCUT2D eigenvalue weighted by atomic mass is 10.2. The van der Waals surface area contributed by atoms with E-state index in [1.54, 1.807) is 7.11 Å². The van der Waals surface area contributed by atoms with Crippen molar-refractivity contribution in [1.29, 1.82) is 0 Å². The number of amides is 1. The van der Waals surface area contributed by atoms with Gasteiger partial charge >= 0.3 is 0 Å². The summed E-state index contributed by atoms with van der Waals surface area (Å²) in [7, 11) is 1.67. The molecule has 0 saturated heterocycles. The van der Waals surface area contributed by atoms with Crippen molar-refractivity contribution in [3.63, 3.8) is 0 Å². The average Bonchev–Trinajstić information content (AvgIpc) is 2.21. The minimum absolute atomic E-state index is 0.0569. The van der Waals surface area contributed by atoms with Gasteiger partial charge in [0, 0.05) is 19.7 Å². The van der Waals surface area contributed by atoms with Crippen LogP contribution in [0.15, 0.2) is 0 Å². The Balaban J connectivity index is 3.52. The van der Waals surface area contributed by atoms with Crippen LogP contribution in [0.1, 0.15) is 26.7 Å². The SMILES string of the molecule is CCCNC(=O)CNC(CC)COC. The lowest BCUT2D eigenvalue weighted by molar-refractivity contribution is -0.120. The molecule has 0 aromatic heterocycles. The van der Waals surface area contributed by atoms with E-state index in [4.69, 9.17) is 4.74 Å². The van der Waals surface area contributed by atoms with Crippen LogP contribution in [-0.2, 0) is 9.53 Å². The van der Waals surface area contributed by atoms with Crippen molar-refractivity contribution in [1.82, 2.24) is 10.6 Å². The lowest BCUT2D eigenvalue weighted by Gasteiger charge is -2.15. The fourth-order valence-electron chi connectivity index (χ4n) is 1.09. The molecule has 0 aliphatic rings. The van der Waals surface area contributed by atoms with Crippen molar-refractivity contribution in [3.8, 4) is 0 Å². The van der Waals surface area contributed by atoms with Crippen LogP contribution in [0.3, 0.4) is 0 Å². The Labute approximate surface area is 86.4 Å². The molecule has 0 saturated carbocycles. The highest BCUT2D eigenvalue weighted by Crippen LogP contribution is 1.90. The number of carbonyl (C=O) groups is 1.